The Morgan fingerprint density at radius 3 is 2.79 bits per heavy atom. The highest BCUT2D eigenvalue weighted by Crippen LogP contribution is 2.59. The fourth-order valence-electron chi connectivity index (χ4n) is 3.08. The lowest BCUT2D eigenvalue weighted by Crippen LogP contribution is -2.48. The Hall–Kier alpha value is -0.590. The highest BCUT2D eigenvalue weighted by molar-refractivity contribution is 5.75. The summed E-state index contributed by atoms with van der Waals surface area (Å²) < 4.78 is 0. The van der Waals surface area contributed by atoms with Gasteiger partial charge in [0.25, 0.3) is 0 Å². The van der Waals surface area contributed by atoms with Gasteiger partial charge in [0.05, 0.1) is 0 Å². The molecule has 0 saturated heterocycles. The molecule has 0 unspecified atom stereocenters. The van der Waals surface area contributed by atoms with Crippen LogP contribution in [0.15, 0.2) is 11.6 Å². The number of carbonyl (C=O) groups excluding carboxylic acids is 1. The lowest BCUT2D eigenvalue weighted by atomic mass is 9.48. The average molecular weight is 192 g/mol. The minimum absolute atomic E-state index is 0.324. The molecule has 3 aliphatic carbocycles. The average Bonchev–Trinajstić information content (AvgIpc) is 2.14. The molecule has 1 fully saturated rings. The molecule has 0 N–H and O–H groups in total. The maximum atomic E-state index is 10.9. The molecule has 0 aromatic heterocycles. The molecule has 2 atom stereocenters. The van der Waals surface area contributed by atoms with Crippen LogP contribution >= 0.6 is 0 Å². The summed E-state index contributed by atoms with van der Waals surface area (Å²) in [6.45, 7) is 6.46. The summed E-state index contributed by atoms with van der Waals surface area (Å²) in [4.78, 5) is 10.9. The number of ketones is 1. The van der Waals surface area contributed by atoms with Crippen LogP contribution in [-0.2, 0) is 4.79 Å². The van der Waals surface area contributed by atoms with E-state index in [1.807, 2.05) is 0 Å². The largest absolute Gasteiger partial charge is 0.300 e. The first-order chi connectivity index (χ1) is 6.51. The maximum Gasteiger partial charge on any atom is 0.130 e. The van der Waals surface area contributed by atoms with Crippen molar-refractivity contribution in [3.05, 3.63) is 11.6 Å². The molecule has 0 aromatic rings. The van der Waals surface area contributed by atoms with E-state index in [4.69, 9.17) is 0 Å². The van der Waals surface area contributed by atoms with Gasteiger partial charge in [-0.3, -0.25) is 0 Å². The fraction of sp³-hybridized carbons (Fsp3) is 0.769. The molecule has 0 radical (unpaired) electrons. The van der Waals surface area contributed by atoms with Gasteiger partial charge in [-0.05, 0) is 43.4 Å². The smallest absolute Gasteiger partial charge is 0.130 e. The van der Waals surface area contributed by atoms with Crippen molar-refractivity contribution in [2.45, 2.75) is 46.5 Å². The van der Waals surface area contributed by atoms with Gasteiger partial charge in [0.15, 0.2) is 0 Å². The summed E-state index contributed by atoms with van der Waals surface area (Å²) in [6, 6.07) is 0. The van der Waals surface area contributed by atoms with Crippen molar-refractivity contribution in [3.63, 3.8) is 0 Å². The molecule has 2 bridgehead atoms. The predicted molar refractivity (Wildman–Crippen MR) is 58.0 cm³/mol. The van der Waals surface area contributed by atoms with Gasteiger partial charge in [-0.1, -0.05) is 25.5 Å². The number of fused-ring (bicyclic) bond motifs is 1. The minimum Gasteiger partial charge on any atom is -0.300 e. The monoisotopic (exact) mass is 192 g/mol. The van der Waals surface area contributed by atoms with Gasteiger partial charge < -0.3 is 4.79 Å². The Bertz CT molecular complexity index is 286. The third-order valence-corrected chi connectivity index (χ3v) is 4.35. The van der Waals surface area contributed by atoms with Crippen LogP contribution in [0.2, 0.25) is 0 Å². The van der Waals surface area contributed by atoms with Crippen molar-refractivity contribution in [2.24, 2.45) is 17.3 Å². The third-order valence-electron chi connectivity index (χ3n) is 4.35. The molecule has 0 spiro atoms. The van der Waals surface area contributed by atoms with Crippen molar-refractivity contribution in [2.75, 3.05) is 0 Å². The maximum absolute atomic E-state index is 10.9. The van der Waals surface area contributed by atoms with Crippen molar-refractivity contribution in [3.8, 4) is 0 Å². The summed E-state index contributed by atoms with van der Waals surface area (Å²) in [6.07, 6.45) is 6.76. The quantitative estimate of drug-likeness (QED) is 0.627. The Morgan fingerprint density at radius 1 is 1.57 bits per heavy atom. The zero-order valence-corrected chi connectivity index (χ0v) is 9.47. The second-order valence-corrected chi connectivity index (χ2v) is 5.52. The SMILES string of the molecule is CC(=O)CCC1=CC[C@@H]2C[C@H]1C2(C)C. The zero-order chi connectivity index (χ0) is 10.3. The predicted octanol–water partition coefficient (Wildman–Crippen LogP) is 3.35. The van der Waals surface area contributed by atoms with E-state index in [-0.39, 0.29) is 0 Å². The molecule has 3 aliphatic rings. The molecule has 78 valence electrons. The Kier molecular flexibility index (Phi) is 2.29. The normalized spacial score (nSPS) is 33.2. The standard InChI is InChI=1S/C13H20O/c1-9(14)4-5-10-6-7-11-8-12(10)13(11,2)3/h6,11-12H,4-5,7-8H2,1-3H3/t11-,12-/m1/s1. The molecule has 1 heteroatoms. The summed E-state index contributed by atoms with van der Waals surface area (Å²) in [5.41, 5.74) is 2.08. The van der Waals surface area contributed by atoms with Crippen LogP contribution < -0.4 is 0 Å². The van der Waals surface area contributed by atoms with E-state index in [1.165, 1.54) is 12.8 Å². The van der Waals surface area contributed by atoms with Crippen LogP contribution in [0.4, 0.5) is 0 Å². The Labute approximate surface area is 86.6 Å². The van der Waals surface area contributed by atoms with Gasteiger partial charge in [-0.2, -0.15) is 0 Å². The van der Waals surface area contributed by atoms with E-state index in [0.29, 0.717) is 11.2 Å². The summed E-state index contributed by atoms with van der Waals surface area (Å²) in [5, 5.41) is 0. The van der Waals surface area contributed by atoms with Gasteiger partial charge in [0.1, 0.15) is 5.78 Å². The molecular formula is C13H20O. The van der Waals surface area contributed by atoms with Crippen LogP contribution in [0, 0.1) is 17.3 Å². The number of Topliss-reactive ketones (excluding diaryl/α,β-unsaturated/α-hetero) is 1. The van der Waals surface area contributed by atoms with Gasteiger partial charge >= 0.3 is 0 Å². The molecule has 1 nitrogen and oxygen atoms in total. The van der Waals surface area contributed by atoms with Crippen molar-refractivity contribution in [1.82, 2.24) is 0 Å². The number of carbonyl (C=O) groups is 1. The second kappa shape index (κ2) is 3.22. The summed E-state index contributed by atoms with van der Waals surface area (Å²) in [5.74, 6) is 2.01. The number of rotatable bonds is 3. The van der Waals surface area contributed by atoms with Gasteiger partial charge in [0.2, 0.25) is 0 Å². The van der Waals surface area contributed by atoms with Crippen LogP contribution in [0.5, 0.6) is 0 Å². The first-order valence-electron chi connectivity index (χ1n) is 5.70. The number of hydrogen-bond donors (Lipinski definition) is 0. The van der Waals surface area contributed by atoms with Gasteiger partial charge in [-0.15, -0.1) is 0 Å². The van der Waals surface area contributed by atoms with E-state index < -0.39 is 0 Å². The van der Waals surface area contributed by atoms with Crippen LogP contribution in [0.3, 0.4) is 0 Å². The molecular weight excluding hydrogens is 172 g/mol. The van der Waals surface area contributed by atoms with Crippen molar-refractivity contribution >= 4 is 5.78 Å². The second-order valence-electron chi connectivity index (χ2n) is 5.52. The Morgan fingerprint density at radius 2 is 2.29 bits per heavy atom. The molecule has 1 saturated carbocycles. The lowest BCUT2D eigenvalue weighted by Gasteiger charge is -2.56. The molecule has 14 heavy (non-hydrogen) atoms. The Balaban J connectivity index is 2.00. The van der Waals surface area contributed by atoms with E-state index >= 15 is 0 Å². The fourth-order valence-corrected chi connectivity index (χ4v) is 3.08. The van der Waals surface area contributed by atoms with E-state index in [1.54, 1.807) is 12.5 Å². The lowest BCUT2D eigenvalue weighted by molar-refractivity contribution is -0.117. The summed E-state index contributed by atoms with van der Waals surface area (Å²) >= 11 is 0. The summed E-state index contributed by atoms with van der Waals surface area (Å²) in [7, 11) is 0. The van der Waals surface area contributed by atoms with Crippen LogP contribution in [0.25, 0.3) is 0 Å². The zero-order valence-electron chi connectivity index (χ0n) is 9.47. The first kappa shape index (κ1) is 9.95. The number of allylic oxidation sites excluding steroid dienone is 2. The minimum atomic E-state index is 0.324. The molecule has 0 amide bonds. The van der Waals surface area contributed by atoms with E-state index in [9.17, 15) is 4.79 Å². The van der Waals surface area contributed by atoms with Crippen LogP contribution in [0.1, 0.15) is 46.5 Å². The third kappa shape index (κ3) is 1.43. The number of hydrogen-bond acceptors (Lipinski definition) is 1. The van der Waals surface area contributed by atoms with E-state index in [2.05, 4.69) is 19.9 Å². The highest BCUT2D eigenvalue weighted by atomic mass is 16.1. The topological polar surface area (TPSA) is 17.1 Å². The van der Waals surface area contributed by atoms with Crippen molar-refractivity contribution in [1.29, 1.82) is 0 Å². The molecule has 0 aromatic carbocycles. The van der Waals surface area contributed by atoms with Crippen LogP contribution in [-0.4, -0.2) is 5.78 Å². The first-order valence-corrected chi connectivity index (χ1v) is 5.70. The molecule has 3 rings (SSSR count). The van der Waals surface area contributed by atoms with E-state index in [0.717, 1.165) is 24.7 Å². The highest BCUT2D eigenvalue weighted by Gasteiger charge is 2.50. The molecule has 0 heterocycles. The molecule has 0 aliphatic heterocycles. The van der Waals surface area contributed by atoms with Crippen molar-refractivity contribution < 1.29 is 4.79 Å². The van der Waals surface area contributed by atoms with Gasteiger partial charge in [-0.25, -0.2) is 0 Å². The van der Waals surface area contributed by atoms with Gasteiger partial charge in [0, 0.05) is 6.42 Å².